The van der Waals surface area contributed by atoms with Gasteiger partial charge in [0.05, 0.1) is 33.4 Å². The van der Waals surface area contributed by atoms with Gasteiger partial charge in [-0.2, -0.15) is 0 Å². The van der Waals surface area contributed by atoms with Crippen molar-refractivity contribution >= 4 is 126 Å². The molecule has 3 saturated heterocycles. The van der Waals surface area contributed by atoms with Gasteiger partial charge in [-0.15, -0.1) is 0 Å². The number of β-amino-alcohol motifs (C(OH)–C–C–N with tert-alkyl or cyclic N) is 2. The van der Waals surface area contributed by atoms with Crippen LogP contribution in [0.3, 0.4) is 0 Å². The van der Waals surface area contributed by atoms with Gasteiger partial charge < -0.3 is 72.2 Å². The topological polar surface area (TPSA) is 320 Å². The molecule has 0 aliphatic carbocycles. The number of rotatable bonds is 18. The fraction of sp³-hybridized carbons (Fsp3) is 0.408. The average molecular weight is 1730 g/mol. The molecule has 6 aromatic carbocycles. The number of aromatic hydroxyl groups is 4. The third-order valence-electron chi connectivity index (χ3n) is 19.6. The standard InChI is InChI=1S/C29H42ClN5O7P2.C25H31ClN3O6P.C21H20ClNO5.CHCl3/c1-31(2)43(38,32(3)4)41-25-17-23(37)28-22(36)16-24(19-12-10-11-13-21(19)30)40-29(28)27(25)20-14-15-35(9)18-26(20)42-44(39,33(5)6)34(7)8;1-27(2)36(33,28(3)4)35-22-13-19(31)24-18(30)12-21(15-8-6-7-9-17(15)26)34-25(24)23(22)16-10-11-29(5)14-20(16)32;1-23-7-6-12(17(27)10-23)19-14(24)8-15(25)20-16(26)9-18(28-21(19)20)11-4-2-3-5-13(11)22;2-1(3)4/h10-13,16-17,20,26,37H,14-15,18H2,1-9H3;6-9,12-13,16,20,31-32H,10-11,14H2,1-5H3;2-5,8-9,12,17,24-25,27H,6-7,10H2,1H3;1H/t20-,26+;16-,20+;12-,17+;/m000./s1. The summed E-state index contributed by atoms with van der Waals surface area (Å²) >= 11 is 33.5. The number of halogens is 6. The summed E-state index contributed by atoms with van der Waals surface area (Å²) in [5.74, 6) is -2.02. The van der Waals surface area contributed by atoms with Crippen LogP contribution in [-0.2, 0) is 18.2 Å². The van der Waals surface area contributed by atoms with E-state index in [0.29, 0.717) is 100 Å². The van der Waals surface area contributed by atoms with E-state index in [2.05, 4.69) is 4.90 Å². The molecular weight excluding hydrogens is 1630 g/mol. The predicted octanol–water partition coefficient (Wildman–Crippen LogP) is 15.0. The quantitative estimate of drug-likeness (QED) is 0.0343. The fourth-order valence-electron chi connectivity index (χ4n) is 13.9. The van der Waals surface area contributed by atoms with E-state index in [9.17, 15) is 58.7 Å². The average Bonchev–Trinajstić information content (AvgIpc) is 0.743. The Labute approximate surface area is 679 Å². The number of alkyl halides is 3. The molecule has 3 aromatic heterocycles. The van der Waals surface area contributed by atoms with Crippen LogP contribution in [0.25, 0.3) is 66.9 Å². The van der Waals surface area contributed by atoms with Crippen molar-refractivity contribution in [3.05, 3.63) is 172 Å². The molecule has 3 aliphatic rings. The second kappa shape index (κ2) is 37.3. The van der Waals surface area contributed by atoms with Crippen molar-refractivity contribution in [2.75, 3.05) is 145 Å². The van der Waals surface area contributed by atoms with Gasteiger partial charge in [-0.25, -0.2) is 37.2 Å². The molecule has 6 heterocycles. The Morgan fingerprint density at radius 3 is 1.03 bits per heavy atom. The van der Waals surface area contributed by atoms with Crippen molar-refractivity contribution < 1.29 is 71.2 Å². The second-order valence-corrected chi connectivity index (χ2v) is 40.2. The second-order valence-electron chi connectivity index (χ2n) is 28.7. The fourth-order valence-corrected chi connectivity index (χ4v) is 19.2. The summed E-state index contributed by atoms with van der Waals surface area (Å²) in [6.45, 7) is 3.25. The molecular formula is C76H94Cl6N9O18P3. The number of fused-ring (bicyclic) bond motifs is 3. The highest BCUT2D eigenvalue weighted by atomic mass is 35.6. The van der Waals surface area contributed by atoms with Crippen LogP contribution in [0.5, 0.6) is 34.5 Å². The Hall–Kier alpha value is -6.30. The zero-order valence-electron chi connectivity index (χ0n) is 64.5. The zero-order chi connectivity index (χ0) is 82.7. The highest BCUT2D eigenvalue weighted by molar-refractivity contribution is 7.54. The minimum atomic E-state index is -3.66. The molecule has 112 heavy (non-hydrogen) atoms. The van der Waals surface area contributed by atoms with Gasteiger partial charge in [0.2, 0.25) is 0 Å². The minimum Gasteiger partial charge on any atom is -0.507 e. The largest absolute Gasteiger partial charge is 0.507 e. The van der Waals surface area contributed by atoms with Crippen LogP contribution in [0.15, 0.2) is 137 Å². The first kappa shape index (κ1) is 89.6. The lowest BCUT2D eigenvalue weighted by Gasteiger charge is -2.41. The number of piperidine rings is 3. The van der Waals surface area contributed by atoms with Crippen LogP contribution in [0, 0.1) is 0 Å². The molecule has 0 radical (unpaired) electrons. The van der Waals surface area contributed by atoms with Crippen LogP contribution in [0.2, 0.25) is 15.1 Å². The van der Waals surface area contributed by atoms with Gasteiger partial charge in [0, 0.05) is 107 Å². The molecule has 27 nitrogen and oxygen atoms in total. The number of phenolic OH excluding ortho intramolecular Hbond substituents is 4. The van der Waals surface area contributed by atoms with E-state index >= 15 is 0 Å². The summed E-state index contributed by atoms with van der Waals surface area (Å²) < 4.78 is 87.8. The summed E-state index contributed by atoms with van der Waals surface area (Å²) in [7, 11) is 14.8. The van der Waals surface area contributed by atoms with Crippen molar-refractivity contribution in [2.24, 2.45) is 0 Å². The Morgan fingerprint density at radius 1 is 0.420 bits per heavy atom. The number of likely N-dealkylation sites (tertiary alicyclic amines) is 3. The number of phenols is 4. The molecule has 3 fully saturated rings. The Balaban J connectivity index is 0.000000192. The molecule has 608 valence electrons. The van der Waals surface area contributed by atoms with Crippen LogP contribution in [0.1, 0.15) is 53.7 Å². The summed E-state index contributed by atoms with van der Waals surface area (Å²) in [4.78, 5) is 45.7. The van der Waals surface area contributed by atoms with Gasteiger partial charge in [-0.3, -0.25) is 18.9 Å². The molecule has 36 heteroatoms. The summed E-state index contributed by atoms with van der Waals surface area (Å²) in [6.07, 6.45) is -0.635. The zero-order valence-corrected chi connectivity index (χ0v) is 71.7. The highest BCUT2D eigenvalue weighted by Gasteiger charge is 2.45. The Bertz CT molecular complexity index is 5210. The van der Waals surface area contributed by atoms with Crippen molar-refractivity contribution in [1.82, 2.24) is 42.7 Å². The molecule has 0 saturated carbocycles. The Morgan fingerprint density at radius 2 is 0.705 bits per heavy atom. The first-order chi connectivity index (χ1) is 52.5. The first-order valence-electron chi connectivity index (χ1n) is 35.3. The van der Waals surface area contributed by atoms with Gasteiger partial charge in [-0.1, -0.05) is 106 Å². The number of hydrogen-bond donors (Lipinski definition) is 6. The van der Waals surface area contributed by atoms with Crippen LogP contribution < -0.4 is 25.3 Å². The number of nitrogens with zero attached hydrogens (tertiary/aromatic N) is 9. The van der Waals surface area contributed by atoms with E-state index in [1.807, 2.05) is 30.9 Å². The number of aliphatic hydroxyl groups is 2. The van der Waals surface area contributed by atoms with Gasteiger partial charge in [0.25, 0.3) is 0 Å². The van der Waals surface area contributed by atoms with E-state index in [4.69, 9.17) is 96.4 Å². The predicted molar refractivity (Wildman–Crippen MR) is 444 cm³/mol. The maximum Gasteiger partial charge on any atom is 0.394 e. The van der Waals surface area contributed by atoms with Crippen LogP contribution in [0.4, 0.5) is 0 Å². The molecule has 0 bridgehead atoms. The van der Waals surface area contributed by atoms with E-state index in [-0.39, 0.29) is 84.7 Å². The van der Waals surface area contributed by atoms with Crippen LogP contribution in [-0.4, -0.2) is 241 Å². The highest BCUT2D eigenvalue weighted by Crippen LogP contribution is 2.59. The maximum atomic E-state index is 14.1. The van der Waals surface area contributed by atoms with Crippen LogP contribution >= 0.6 is 92.6 Å². The molecule has 0 unspecified atom stereocenters. The lowest BCUT2D eigenvalue weighted by Crippen LogP contribution is -2.43. The van der Waals surface area contributed by atoms with E-state index < -0.39 is 79.7 Å². The Kier molecular flexibility index (Phi) is 29.9. The first-order valence-corrected chi connectivity index (χ1v) is 42.3. The van der Waals surface area contributed by atoms with Crippen molar-refractivity contribution in [3.8, 4) is 68.5 Å². The summed E-state index contributed by atoms with van der Waals surface area (Å²) in [5.41, 5.74) is 1.42. The smallest absolute Gasteiger partial charge is 0.394 e. The van der Waals surface area contributed by atoms with Crippen molar-refractivity contribution in [1.29, 1.82) is 0 Å². The monoisotopic (exact) mass is 1720 g/mol. The lowest BCUT2D eigenvalue weighted by molar-refractivity contribution is 0.0630. The van der Waals surface area contributed by atoms with Crippen molar-refractivity contribution in [2.45, 2.75) is 59.6 Å². The molecule has 9 aromatic rings. The third kappa shape index (κ3) is 19.5. The number of likely N-dealkylation sites (N-methyl/N-ethyl adjacent to an activating group) is 3. The molecule has 0 spiro atoms. The number of hydrogen-bond acceptors (Lipinski definition) is 21. The maximum absolute atomic E-state index is 14.1. The SMILES string of the molecule is CN1CC[C@H](c2c(O)cc(O)c3c(=O)cc(-c4ccccc4Cl)oc23)[C@H](O)C1.CN1CC[C@H](c2c(OP(=O)(N(C)C)N(C)C)cc(O)c3c(=O)cc(-c4ccccc4Cl)oc23)[C@H](O)C1.CN1CC[C@H](c2c(OP(=O)(N(C)C)N(C)C)cc(O)c3c(=O)cc(-c4ccccc4Cl)oc23)[C@H](OP(=O)(N(C)C)N(C)C)C1.ClC(Cl)Cl. The molecule has 12 rings (SSSR count). The molecule has 3 aliphatic heterocycles. The summed E-state index contributed by atoms with van der Waals surface area (Å²) in [6, 6.07) is 28.4. The lowest BCUT2D eigenvalue weighted by atomic mass is 9.85. The third-order valence-corrected chi connectivity index (χ3v) is 28.0. The number of benzene rings is 6. The molecule has 6 N–H and O–H groups in total. The molecule has 6 atom stereocenters. The minimum absolute atomic E-state index is 0.0188. The van der Waals surface area contributed by atoms with E-state index in [1.54, 1.807) is 167 Å². The van der Waals surface area contributed by atoms with Gasteiger partial charge in [-0.05, 0) is 181 Å². The normalized spacial score (nSPS) is 19.0. The van der Waals surface area contributed by atoms with E-state index in [1.165, 1.54) is 49.0 Å². The summed E-state index contributed by atoms with van der Waals surface area (Å²) in [5, 5.41) is 65.6. The van der Waals surface area contributed by atoms with Gasteiger partial charge >= 0.3 is 23.0 Å². The number of aliphatic hydroxyl groups excluding tert-OH is 2. The van der Waals surface area contributed by atoms with Gasteiger partial charge in [0.1, 0.15) is 84.7 Å². The van der Waals surface area contributed by atoms with Gasteiger partial charge in [0.15, 0.2) is 20.6 Å². The molecule has 0 amide bonds. The van der Waals surface area contributed by atoms with E-state index in [0.717, 1.165) is 12.6 Å². The van der Waals surface area contributed by atoms with Crippen molar-refractivity contribution in [3.63, 3.8) is 0 Å².